The van der Waals surface area contributed by atoms with Crippen LogP contribution in [0, 0.1) is 0 Å². The van der Waals surface area contributed by atoms with Gasteiger partial charge in [-0.25, -0.2) is 5.10 Å². The number of aromatic nitrogens is 2. The van der Waals surface area contributed by atoms with E-state index in [-0.39, 0.29) is 11.5 Å². The number of nitrogens with one attached hydrogen (secondary N) is 2. The molecule has 0 saturated heterocycles. The molecule has 0 aliphatic heterocycles. The summed E-state index contributed by atoms with van der Waals surface area (Å²) < 4.78 is 5.20. The molecule has 0 atom stereocenters. The van der Waals surface area contributed by atoms with Crippen LogP contribution >= 0.6 is 11.6 Å². The van der Waals surface area contributed by atoms with Crippen LogP contribution in [-0.4, -0.2) is 23.2 Å². The fraction of sp³-hybridized carbons (Fsp3) is 0.0556. The normalized spacial score (nSPS) is 10.3. The molecule has 0 radical (unpaired) electrons. The number of benzene rings is 2. The number of methoxy groups -OCH3 is 1. The second-order valence-corrected chi connectivity index (χ2v) is 5.62. The number of H-pyrrole nitrogens is 1. The van der Waals surface area contributed by atoms with Crippen LogP contribution in [0.15, 0.2) is 59.4 Å². The predicted molar refractivity (Wildman–Crippen MR) is 96.3 cm³/mol. The van der Waals surface area contributed by atoms with Crippen molar-refractivity contribution in [2.45, 2.75) is 0 Å². The Labute approximate surface area is 148 Å². The Kier molecular flexibility index (Phi) is 4.81. The highest BCUT2D eigenvalue weighted by molar-refractivity contribution is 6.31. The Hall–Kier alpha value is -3.12. The fourth-order valence-electron chi connectivity index (χ4n) is 2.32. The summed E-state index contributed by atoms with van der Waals surface area (Å²) in [5, 5.41) is 9.61. The fourth-order valence-corrected chi connectivity index (χ4v) is 2.49. The third-order valence-corrected chi connectivity index (χ3v) is 3.74. The van der Waals surface area contributed by atoms with Crippen molar-refractivity contribution < 1.29 is 9.53 Å². The molecule has 0 saturated carbocycles. The molecule has 25 heavy (non-hydrogen) atoms. The van der Waals surface area contributed by atoms with E-state index in [0.29, 0.717) is 27.7 Å². The maximum Gasteiger partial charge on any atom is 0.264 e. The summed E-state index contributed by atoms with van der Waals surface area (Å²) >= 11 is 5.97. The highest BCUT2D eigenvalue weighted by atomic mass is 35.5. The van der Waals surface area contributed by atoms with Crippen LogP contribution in [-0.2, 0) is 0 Å². The van der Waals surface area contributed by atoms with Crippen LogP contribution in [0.5, 0.6) is 5.75 Å². The van der Waals surface area contributed by atoms with E-state index >= 15 is 0 Å². The number of hydrogen-bond acceptors (Lipinski definition) is 4. The monoisotopic (exact) mass is 355 g/mol. The number of ether oxygens (including phenoxy) is 1. The molecule has 1 aromatic heterocycles. The van der Waals surface area contributed by atoms with Crippen molar-refractivity contribution in [3.8, 4) is 17.0 Å². The summed E-state index contributed by atoms with van der Waals surface area (Å²) in [7, 11) is 1.49. The van der Waals surface area contributed by atoms with Crippen molar-refractivity contribution in [2.75, 3.05) is 12.4 Å². The SMILES string of the molecule is COc1ccc(Cl)cc1C(=O)Nc1cccc(-c2ccc(=O)[nH]n2)c1. The summed E-state index contributed by atoms with van der Waals surface area (Å²) in [6.45, 7) is 0. The number of rotatable bonds is 4. The van der Waals surface area contributed by atoms with E-state index < -0.39 is 0 Å². The summed E-state index contributed by atoms with van der Waals surface area (Å²) in [6.07, 6.45) is 0. The molecular weight excluding hydrogens is 342 g/mol. The van der Waals surface area contributed by atoms with Gasteiger partial charge in [-0.15, -0.1) is 0 Å². The summed E-state index contributed by atoms with van der Waals surface area (Å²) in [4.78, 5) is 23.6. The van der Waals surface area contributed by atoms with Crippen LogP contribution in [0.3, 0.4) is 0 Å². The average Bonchev–Trinajstić information content (AvgIpc) is 2.62. The zero-order valence-electron chi connectivity index (χ0n) is 13.2. The number of carbonyl (C=O) groups is 1. The largest absolute Gasteiger partial charge is 0.496 e. The molecule has 0 bridgehead atoms. The lowest BCUT2D eigenvalue weighted by atomic mass is 10.1. The Bertz CT molecular complexity index is 965. The summed E-state index contributed by atoms with van der Waals surface area (Å²) in [5.41, 5.74) is 1.99. The van der Waals surface area contributed by atoms with Gasteiger partial charge in [-0.3, -0.25) is 9.59 Å². The quantitative estimate of drug-likeness (QED) is 0.751. The molecule has 2 aromatic carbocycles. The van der Waals surface area contributed by atoms with E-state index in [0.717, 1.165) is 5.56 Å². The second-order valence-electron chi connectivity index (χ2n) is 5.19. The molecule has 126 valence electrons. The highest BCUT2D eigenvalue weighted by Crippen LogP contribution is 2.25. The van der Waals surface area contributed by atoms with Gasteiger partial charge in [0.25, 0.3) is 11.5 Å². The van der Waals surface area contributed by atoms with Crippen molar-refractivity contribution >= 4 is 23.2 Å². The number of amides is 1. The number of aromatic amines is 1. The van der Waals surface area contributed by atoms with Crippen molar-refractivity contribution in [1.29, 1.82) is 0 Å². The van der Waals surface area contributed by atoms with E-state index in [1.807, 2.05) is 6.07 Å². The van der Waals surface area contributed by atoms with E-state index in [2.05, 4.69) is 15.5 Å². The Balaban J connectivity index is 1.87. The minimum Gasteiger partial charge on any atom is -0.496 e. The Morgan fingerprint density at radius 1 is 1.16 bits per heavy atom. The maximum atomic E-state index is 12.5. The maximum absolute atomic E-state index is 12.5. The first kappa shape index (κ1) is 16.7. The standard InChI is InChI=1S/C18H14ClN3O3/c1-25-16-7-5-12(19)10-14(16)18(24)20-13-4-2-3-11(9-13)15-6-8-17(23)22-21-15/h2-10H,1H3,(H,20,24)(H,22,23). The first-order valence-electron chi connectivity index (χ1n) is 7.38. The molecule has 1 amide bonds. The van der Waals surface area contributed by atoms with E-state index in [9.17, 15) is 9.59 Å². The first-order valence-corrected chi connectivity index (χ1v) is 7.75. The van der Waals surface area contributed by atoms with E-state index in [4.69, 9.17) is 16.3 Å². The Morgan fingerprint density at radius 2 is 2.00 bits per heavy atom. The van der Waals surface area contributed by atoms with Crippen LogP contribution < -0.4 is 15.6 Å². The van der Waals surface area contributed by atoms with Gasteiger partial charge in [0.15, 0.2) is 0 Å². The molecule has 0 spiro atoms. The van der Waals surface area contributed by atoms with Crippen molar-refractivity contribution in [3.05, 3.63) is 75.5 Å². The van der Waals surface area contributed by atoms with Gasteiger partial charge in [-0.05, 0) is 36.4 Å². The third-order valence-electron chi connectivity index (χ3n) is 3.50. The lowest BCUT2D eigenvalue weighted by Crippen LogP contribution is -2.13. The molecule has 7 heteroatoms. The molecule has 0 aliphatic carbocycles. The molecule has 3 aromatic rings. The second kappa shape index (κ2) is 7.19. The number of hydrogen-bond donors (Lipinski definition) is 2. The molecule has 0 unspecified atom stereocenters. The zero-order valence-corrected chi connectivity index (χ0v) is 14.0. The topological polar surface area (TPSA) is 84.1 Å². The zero-order chi connectivity index (χ0) is 17.8. The van der Waals surface area contributed by atoms with Gasteiger partial charge in [0, 0.05) is 22.3 Å². The lowest BCUT2D eigenvalue weighted by Gasteiger charge is -2.10. The van der Waals surface area contributed by atoms with Crippen LogP contribution in [0.25, 0.3) is 11.3 Å². The third kappa shape index (κ3) is 3.87. The van der Waals surface area contributed by atoms with Crippen LogP contribution in [0.4, 0.5) is 5.69 Å². The molecule has 3 rings (SSSR count). The molecule has 0 aliphatic rings. The first-order chi connectivity index (χ1) is 12.1. The van der Waals surface area contributed by atoms with Gasteiger partial charge < -0.3 is 10.1 Å². The van der Waals surface area contributed by atoms with Crippen LogP contribution in [0.1, 0.15) is 10.4 Å². The smallest absolute Gasteiger partial charge is 0.264 e. The molecule has 0 fully saturated rings. The van der Waals surface area contributed by atoms with Gasteiger partial charge >= 0.3 is 0 Å². The average molecular weight is 356 g/mol. The minimum absolute atomic E-state index is 0.277. The number of carbonyl (C=O) groups excluding carboxylic acids is 1. The van der Waals surface area contributed by atoms with E-state index in [1.165, 1.54) is 13.2 Å². The van der Waals surface area contributed by atoms with Crippen molar-refractivity contribution in [1.82, 2.24) is 10.2 Å². The summed E-state index contributed by atoms with van der Waals surface area (Å²) in [5.74, 6) is 0.0892. The van der Waals surface area contributed by atoms with Gasteiger partial charge in [0.1, 0.15) is 5.75 Å². The van der Waals surface area contributed by atoms with Gasteiger partial charge in [0.2, 0.25) is 0 Å². The van der Waals surface area contributed by atoms with Gasteiger partial charge in [-0.1, -0.05) is 23.7 Å². The Morgan fingerprint density at radius 3 is 2.72 bits per heavy atom. The number of nitrogens with zero attached hydrogens (tertiary/aromatic N) is 1. The molecular formula is C18H14ClN3O3. The predicted octanol–water partition coefficient (Wildman–Crippen LogP) is 3.35. The molecule has 1 heterocycles. The van der Waals surface area contributed by atoms with Gasteiger partial charge in [-0.2, -0.15) is 5.10 Å². The lowest BCUT2D eigenvalue weighted by molar-refractivity contribution is 0.102. The number of halogens is 1. The van der Waals surface area contributed by atoms with Crippen molar-refractivity contribution in [2.24, 2.45) is 0 Å². The number of anilines is 1. The van der Waals surface area contributed by atoms with Gasteiger partial charge in [0.05, 0.1) is 18.4 Å². The molecule has 2 N–H and O–H groups in total. The van der Waals surface area contributed by atoms with E-state index in [1.54, 1.807) is 42.5 Å². The minimum atomic E-state index is -0.342. The molecule has 6 nitrogen and oxygen atoms in total. The highest BCUT2D eigenvalue weighted by Gasteiger charge is 2.13. The van der Waals surface area contributed by atoms with Crippen molar-refractivity contribution in [3.63, 3.8) is 0 Å². The van der Waals surface area contributed by atoms with Crippen LogP contribution in [0.2, 0.25) is 5.02 Å². The summed E-state index contributed by atoms with van der Waals surface area (Å²) in [6, 6.07) is 15.0.